The smallest absolute Gasteiger partial charge is 0.306 e. The highest BCUT2D eigenvalue weighted by Crippen LogP contribution is 2.33. The maximum atomic E-state index is 11.8. The van der Waals surface area contributed by atoms with Crippen LogP contribution >= 0.6 is 0 Å². The maximum absolute atomic E-state index is 11.8. The highest BCUT2D eigenvalue weighted by Gasteiger charge is 2.17. The molecule has 1 aromatic carbocycles. The van der Waals surface area contributed by atoms with Gasteiger partial charge in [-0.1, -0.05) is 0 Å². The summed E-state index contributed by atoms with van der Waals surface area (Å²) in [5, 5.41) is 19.0. The minimum atomic E-state index is -0.471. The highest BCUT2D eigenvalue weighted by molar-refractivity contribution is 6.00. The largest absolute Gasteiger partial charge is 0.507 e. The molecule has 6 nitrogen and oxygen atoms in total. The summed E-state index contributed by atoms with van der Waals surface area (Å²) in [6.45, 7) is 1.93. The van der Waals surface area contributed by atoms with Crippen molar-refractivity contribution in [2.75, 3.05) is 13.7 Å². The number of rotatable bonds is 6. The van der Waals surface area contributed by atoms with E-state index >= 15 is 0 Å². The molecule has 0 heterocycles. The van der Waals surface area contributed by atoms with Gasteiger partial charge in [0.05, 0.1) is 25.7 Å². The third-order valence-corrected chi connectivity index (χ3v) is 2.46. The first kappa shape index (κ1) is 14.8. The summed E-state index contributed by atoms with van der Waals surface area (Å²) < 4.78 is 9.55. The summed E-state index contributed by atoms with van der Waals surface area (Å²) in [6.07, 6.45) is -0.143. The van der Waals surface area contributed by atoms with Gasteiger partial charge in [-0.3, -0.25) is 9.59 Å². The van der Waals surface area contributed by atoms with Crippen molar-refractivity contribution < 1.29 is 29.3 Å². The average molecular weight is 268 g/mol. The third-order valence-electron chi connectivity index (χ3n) is 2.46. The molecule has 0 bridgehead atoms. The van der Waals surface area contributed by atoms with Crippen molar-refractivity contribution in [1.29, 1.82) is 0 Å². The summed E-state index contributed by atoms with van der Waals surface area (Å²) in [5.41, 5.74) is -0.000974. The molecule has 0 aliphatic rings. The van der Waals surface area contributed by atoms with Crippen LogP contribution in [-0.2, 0) is 9.53 Å². The van der Waals surface area contributed by atoms with Crippen molar-refractivity contribution in [3.8, 4) is 17.2 Å². The molecule has 0 aromatic heterocycles. The van der Waals surface area contributed by atoms with E-state index in [0.29, 0.717) is 0 Å². The summed E-state index contributed by atoms with van der Waals surface area (Å²) >= 11 is 0. The van der Waals surface area contributed by atoms with Crippen molar-refractivity contribution in [1.82, 2.24) is 0 Å². The summed E-state index contributed by atoms with van der Waals surface area (Å²) in [4.78, 5) is 23.0. The van der Waals surface area contributed by atoms with E-state index in [4.69, 9.17) is 9.47 Å². The second-order valence-electron chi connectivity index (χ2n) is 3.77. The van der Waals surface area contributed by atoms with Crippen LogP contribution in [0.25, 0.3) is 0 Å². The quantitative estimate of drug-likeness (QED) is 0.601. The van der Waals surface area contributed by atoms with Gasteiger partial charge in [-0.2, -0.15) is 0 Å². The Morgan fingerprint density at radius 2 is 1.84 bits per heavy atom. The fourth-order valence-electron chi connectivity index (χ4n) is 1.53. The monoisotopic (exact) mass is 268 g/mol. The number of esters is 1. The number of phenolic OH excluding ortho intramolecular Hbond substituents is 2. The topological polar surface area (TPSA) is 93.1 Å². The molecule has 0 fully saturated rings. The van der Waals surface area contributed by atoms with E-state index in [-0.39, 0.29) is 42.3 Å². The van der Waals surface area contributed by atoms with Gasteiger partial charge in [0, 0.05) is 12.5 Å². The lowest BCUT2D eigenvalue weighted by molar-refractivity contribution is -0.143. The van der Waals surface area contributed by atoms with Crippen molar-refractivity contribution in [2.24, 2.45) is 0 Å². The Labute approximate surface area is 110 Å². The van der Waals surface area contributed by atoms with E-state index in [2.05, 4.69) is 0 Å². The van der Waals surface area contributed by atoms with Crippen LogP contribution in [0, 0.1) is 0 Å². The number of carbonyl (C=O) groups excluding carboxylic acids is 2. The van der Waals surface area contributed by atoms with Crippen LogP contribution in [0.1, 0.15) is 30.1 Å². The van der Waals surface area contributed by atoms with Gasteiger partial charge < -0.3 is 19.7 Å². The standard InChI is InChI=1S/C13H16O6/c1-3-19-13(17)5-4-9(14)8-6-12(18-2)11(16)7-10(8)15/h6-7,15-16H,3-5H2,1-2H3. The number of benzene rings is 1. The van der Waals surface area contributed by atoms with Gasteiger partial charge in [0.1, 0.15) is 5.75 Å². The van der Waals surface area contributed by atoms with Crippen molar-refractivity contribution in [2.45, 2.75) is 19.8 Å². The molecule has 104 valence electrons. The molecular formula is C13H16O6. The number of hydrogen-bond acceptors (Lipinski definition) is 6. The van der Waals surface area contributed by atoms with Crippen molar-refractivity contribution >= 4 is 11.8 Å². The van der Waals surface area contributed by atoms with Crippen LogP contribution < -0.4 is 4.74 Å². The fourth-order valence-corrected chi connectivity index (χ4v) is 1.53. The first-order valence-corrected chi connectivity index (χ1v) is 5.78. The SMILES string of the molecule is CCOC(=O)CCC(=O)c1cc(OC)c(O)cc1O. The molecule has 0 unspecified atom stereocenters. The minimum Gasteiger partial charge on any atom is -0.507 e. The van der Waals surface area contributed by atoms with Crippen LogP contribution in [0.4, 0.5) is 0 Å². The Hall–Kier alpha value is -2.24. The first-order chi connectivity index (χ1) is 8.99. The fraction of sp³-hybridized carbons (Fsp3) is 0.385. The number of Topliss-reactive ketones (excluding diaryl/α,β-unsaturated/α-hetero) is 1. The van der Waals surface area contributed by atoms with Crippen LogP contribution in [0.5, 0.6) is 17.2 Å². The molecule has 2 N–H and O–H groups in total. The molecule has 0 aliphatic carbocycles. The molecule has 0 radical (unpaired) electrons. The number of methoxy groups -OCH3 is 1. The Bertz CT molecular complexity index is 480. The predicted octanol–water partition coefficient (Wildman–Crippen LogP) is 1.63. The van der Waals surface area contributed by atoms with Gasteiger partial charge in [-0.05, 0) is 13.0 Å². The molecule has 0 saturated carbocycles. The van der Waals surface area contributed by atoms with E-state index in [9.17, 15) is 19.8 Å². The minimum absolute atomic E-state index is 0.000974. The Morgan fingerprint density at radius 1 is 1.16 bits per heavy atom. The second kappa shape index (κ2) is 6.63. The molecule has 19 heavy (non-hydrogen) atoms. The molecular weight excluding hydrogens is 252 g/mol. The molecule has 0 saturated heterocycles. The maximum Gasteiger partial charge on any atom is 0.306 e. The Morgan fingerprint density at radius 3 is 2.42 bits per heavy atom. The number of phenols is 2. The lowest BCUT2D eigenvalue weighted by Gasteiger charge is -2.08. The first-order valence-electron chi connectivity index (χ1n) is 5.78. The van der Waals surface area contributed by atoms with E-state index < -0.39 is 11.8 Å². The Balaban J connectivity index is 2.79. The summed E-state index contributed by atoms with van der Waals surface area (Å²) in [5.74, 6) is -1.43. The summed E-state index contributed by atoms with van der Waals surface area (Å²) in [7, 11) is 1.33. The number of ether oxygens (including phenoxy) is 2. The number of aromatic hydroxyl groups is 2. The van der Waals surface area contributed by atoms with E-state index in [1.807, 2.05) is 0 Å². The molecule has 1 aromatic rings. The molecule has 0 spiro atoms. The summed E-state index contributed by atoms with van der Waals surface area (Å²) in [6, 6.07) is 2.26. The van der Waals surface area contributed by atoms with Crippen LogP contribution in [0.3, 0.4) is 0 Å². The lowest BCUT2D eigenvalue weighted by atomic mass is 10.0. The lowest BCUT2D eigenvalue weighted by Crippen LogP contribution is -2.08. The number of hydrogen-bond donors (Lipinski definition) is 2. The predicted molar refractivity (Wildman–Crippen MR) is 66.5 cm³/mol. The zero-order chi connectivity index (χ0) is 14.4. The van der Waals surface area contributed by atoms with Gasteiger partial charge in [0.2, 0.25) is 0 Å². The molecule has 6 heteroatoms. The molecule has 1 rings (SSSR count). The van der Waals surface area contributed by atoms with E-state index in [0.717, 1.165) is 6.07 Å². The molecule has 0 atom stereocenters. The molecule has 0 amide bonds. The van der Waals surface area contributed by atoms with Crippen molar-refractivity contribution in [3.05, 3.63) is 17.7 Å². The highest BCUT2D eigenvalue weighted by atomic mass is 16.5. The van der Waals surface area contributed by atoms with Crippen LogP contribution in [0.15, 0.2) is 12.1 Å². The second-order valence-corrected chi connectivity index (χ2v) is 3.77. The van der Waals surface area contributed by atoms with Gasteiger partial charge in [-0.25, -0.2) is 0 Å². The van der Waals surface area contributed by atoms with Gasteiger partial charge >= 0.3 is 5.97 Å². The average Bonchev–Trinajstić information content (AvgIpc) is 2.36. The van der Waals surface area contributed by atoms with Crippen molar-refractivity contribution in [3.63, 3.8) is 0 Å². The van der Waals surface area contributed by atoms with Crippen LogP contribution in [0.2, 0.25) is 0 Å². The zero-order valence-corrected chi connectivity index (χ0v) is 10.8. The number of ketones is 1. The van der Waals surface area contributed by atoms with Gasteiger partial charge in [0.25, 0.3) is 0 Å². The number of carbonyl (C=O) groups is 2. The van der Waals surface area contributed by atoms with E-state index in [1.165, 1.54) is 13.2 Å². The Kier molecular flexibility index (Phi) is 5.17. The third kappa shape index (κ3) is 3.87. The van der Waals surface area contributed by atoms with Gasteiger partial charge in [0.15, 0.2) is 17.3 Å². The van der Waals surface area contributed by atoms with Gasteiger partial charge in [-0.15, -0.1) is 0 Å². The molecule has 0 aliphatic heterocycles. The van der Waals surface area contributed by atoms with Crippen LogP contribution in [-0.4, -0.2) is 35.7 Å². The van der Waals surface area contributed by atoms with E-state index in [1.54, 1.807) is 6.92 Å². The zero-order valence-electron chi connectivity index (χ0n) is 10.8. The normalized spacial score (nSPS) is 10.0.